The Morgan fingerprint density at radius 3 is 2.05 bits per heavy atom. The largest absolute Gasteiger partial charge is 0.452 e. The minimum atomic E-state index is -5.16. The Morgan fingerprint density at radius 2 is 1.54 bits per heavy atom. The van der Waals surface area contributed by atoms with Gasteiger partial charge in [0.1, 0.15) is 18.6 Å². The molecule has 0 saturated carbocycles. The van der Waals surface area contributed by atoms with Crippen LogP contribution in [-0.2, 0) is 25.6 Å². The van der Waals surface area contributed by atoms with Crippen molar-refractivity contribution in [2.75, 3.05) is 6.54 Å². The summed E-state index contributed by atoms with van der Waals surface area (Å²) in [6, 6.07) is 13.8. The van der Waals surface area contributed by atoms with E-state index in [4.69, 9.17) is 0 Å². The molecule has 1 N–H and O–H groups in total. The molecule has 7 nitrogen and oxygen atoms in total. The second kappa shape index (κ2) is 11.4. The van der Waals surface area contributed by atoms with Crippen LogP contribution in [0.15, 0.2) is 66.9 Å². The molecular weight excluding hydrogens is 487 g/mol. The summed E-state index contributed by atoms with van der Waals surface area (Å²) in [6.07, 6.45) is -4.06. The molecule has 3 amide bonds. The number of alkyl halides is 3. The van der Waals surface area contributed by atoms with Gasteiger partial charge >= 0.3 is 6.18 Å². The van der Waals surface area contributed by atoms with Crippen molar-refractivity contribution in [1.82, 2.24) is 15.1 Å². The lowest BCUT2D eigenvalue weighted by Gasteiger charge is -2.40. The molecule has 0 unspecified atom stereocenters. The van der Waals surface area contributed by atoms with Crippen LogP contribution in [0.5, 0.6) is 0 Å². The predicted octanol–water partition coefficient (Wildman–Crippen LogP) is 3.56. The maximum absolute atomic E-state index is 13.5. The molecule has 1 aliphatic rings. The average molecular weight is 516 g/mol. The first-order valence-electron chi connectivity index (χ1n) is 11.7. The molecule has 2 aromatic rings. The van der Waals surface area contributed by atoms with Gasteiger partial charge in [0.25, 0.3) is 11.7 Å². The monoisotopic (exact) mass is 515 g/mol. The molecule has 2 atom stereocenters. The fraction of sp³-hybridized carbons (Fsp3) is 0.333. The number of carbonyl (C=O) groups excluding carboxylic acids is 4. The Labute approximate surface area is 212 Å². The highest BCUT2D eigenvalue weighted by Gasteiger charge is 2.45. The SMILES string of the molecule is CC(=O)N1C=C(c2ccccc2)N(CC(=O)N[C@@H](Cc2ccccc2)C(=O)C(F)(F)F)C(=O)[C@@H]1C(C)C. The molecule has 0 spiro atoms. The predicted molar refractivity (Wildman–Crippen MR) is 130 cm³/mol. The van der Waals surface area contributed by atoms with Gasteiger partial charge in [-0.15, -0.1) is 0 Å². The number of carbonyl (C=O) groups is 4. The molecule has 2 aromatic carbocycles. The summed E-state index contributed by atoms with van der Waals surface area (Å²) in [7, 11) is 0. The summed E-state index contributed by atoms with van der Waals surface area (Å²) in [6.45, 7) is 4.18. The first kappa shape index (κ1) is 27.6. The summed E-state index contributed by atoms with van der Waals surface area (Å²) in [5, 5.41) is 2.18. The van der Waals surface area contributed by atoms with Gasteiger partial charge in [-0.25, -0.2) is 0 Å². The zero-order valence-electron chi connectivity index (χ0n) is 20.7. The molecule has 0 fully saturated rings. The Morgan fingerprint density at radius 1 is 0.973 bits per heavy atom. The smallest absolute Gasteiger partial charge is 0.344 e. The van der Waals surface area contributed by atoms with Crippen LogP contribution in [-0.4, -0.2) is 58.1 Å². The number of benzene rings is 2. The van der Waals surface area contributed by atoms with Crippen LogP contribution in [0.2, 0.25) is 0 Å². The third-order valence-electron chi connectivity index (χ3n) is 5.95. The van der Waals surface area contributed by atoms with Crippen LogP contribution in [0.1, 0.15) is 31.9 Å². The number of amides is 3. The zero-order valence-corrected chi connectivity index (χ0v) is 20.7. The minimum absolute atomic E-state index is 0.245. The van der Waals surface area contributed by atoms with Gasteiger partial charge in [0.15, 0.2) is 0 Å². The van der Waals surface area contributed by atoms with Gasteiger partial charge in [-0.3, -0.25) is 24.1 Å². The molecule has 3 rings (SSSR count). The van der Waals surface area contributed by atoms with Crippen LogP contribution in [0.25, 0.3) is 5.70 Å². The third kappa shape index (κ3) is 6.63. The van der Waals surface area contributed by atoms with Crippen LogP contribution in [0, 0.1) is 5.92 Å². The van der Waals surface area contributed by atoms with E-state index in [1.54, 1.807) is 74.5 Å². The Bertz CT molecular complexity index is 1180. The van der Waals surface area contributed by atoms with Crippen molar-refractivity contribution in [3.63, 3.8) is 0 Å². The Kier molecular flexibility index (Phi) is 8.52. The highest BCUT2D eigenvalue weighted by atomic mass is 19.4. The van der Waals surface area contributed by atoms with Crippen molar-refractivity contribution in [3.8, 4) is 0 Å². The summed E-state index contributed by atoms with van der Waals surface area (Å²) < 4.78 is 39.9. The lowest BCUT2D eigenvalue weighted by molar-refractivity contribution is -0.173. The number of hydrogen-bond donors (Lipinski definition) is 1. The quantitative estimate of drug-likeness (QED) is 0.583. The van der Waals surface area contributed by atoms with Gasteiger partial charge in [0, 0.05) is 19.5 Å². The topological polar surface area (TPSA) is 86.8 Å². The van der Waals surface area contributed by atoms with Gasteiger partial charge in [0.2, 0.25) is 11.8 Å². The van der Waals surface area contributed by atoms with E-state index in [1.165, 1.54) is 18.0 Å². The normalized spacial score (nSPS) is 16.9. The molecule has 1 aliphatic heterocycles. The summed E-state index contributed by atoms with van der Waals surface area (Å²) in [5.41, 5.74) is 1.21. The molecule has 0 aliphatic carbocycles. The van der Waals surface area contributed by atoms with E-state index < -0.39 is 42.4 Å². The van der Waals surface area contributed by atoms with E-state index in [2.05, 4.69) is 5.32 Å². The number of ketones is 1. The van der Waals surface area contributed by atoms with Crippen LogP contribution < -0.4 is 5.32 Å². The number of nitrogens with zero attached hydrogens (tertiary/aromatic N) is 2. The molecule has 0 aromatic heterocycles. The molecule has 1 heterocycles. The Hall–Kier alpha value is -3.95. The van der Waals surface area contributed by atoms with Crippen molar-refractivity contribution in [2.24, 2.45) is 5.92 Å². The van der Waals surface area contributed by atoms with Crippen molar-refractivity contribution in [2.45, 2.75) is 45.5 Å². The van der Waals surface area contributed by atoms with Crippen molar-refractivity contribution >= 4 is 29.2 Å². The lowest BCUT2D eigenvalue weighted by atomic mass is 9.97. The first-order valence-corrected chi connectivity index (χ1v) is 11.7. The third-order valence-corrected chi connectivity index (χ3v) is 5.95. The summed E-state index contributed by atoms with van der Waals surface area (Å²) in [5.74, 6) is -4.26. The zero-order chi connectivity index (χ0) is 27.3. The van der Waals surface area contributed by atoms with Gasteiger partial charge in [-0.05, 0) is 17.0 Å². The number of hydrogen-bond acceptors (Lipinski definition) is 4. The van der Waals surface area contributed by atoms with Crippen LogP contribution in [0.3, 0.4) is 0 Å². The number of rotatable bonds is 8. The van der Waals surface area contributed by atoms with E-state index in [-0.39, 0.29) is 23.9 Å². The maximum atomic E-state index is 13.5. The van der Waals surface area contributed by atoms with Gasteiger partial charge < -0.3 is 10.2 Å². The fourth-order valence-electron chi connectivity index (χ4n) is 4.21. The van der Waals surface area contributed by atoms with E-state index >= 15 is 0 Å². The highest BCUT2D eigenvalue weighted by Crippen LogP contribution is 2.30. The molecule has 0 saturated heterocycles. The van der Waals surface area contributed by atoms with E-state index in [0.29, 0.717) is 11.1 Å². The second-order valence-corrected chi connectivity index (χ2v) is 9.09. The van der Waals surface area contributed by atoms with Gasteiger partial charge in [0.05, 0.1) is 5.70 Å². The van der Waals surface area contributed by atoms with Crippen molar-refractivity contribution < 1.29 is 32.3 Å². The van der Waals surface area contributed by atoms with Crippen molar-refractivity contribution in [1.29, 1.82) is 0 Å². The fourth-order valence-corrected chi connectivity index (χ4v) is 4.21. The minimum Gasteiger partial charge on any atom is -0.344 e. The van der Waals surface area contributed by atoms with Crippen LogP contribution >= 0.6 is 0 Å². The van der Waals surface area contributed by atoms with Crippen molar-refractivity contribution in [3.05, 3.63) is 78.0 Å². The Balaban J connectivity index is 1.93. The molecule has 10 heteroatoms. The maximum Gasteiger partial charge on any atom is 0.452 e. The standard InChI is InChI=1S/C27H28F3N3O4/c1-17(2)24-26(37)33(22(15-32(24)18(3)34)20-12-8-5-9-13-20)16-23(35)31-21(25(36)27(28,29)30)14-19-10-6-4-7-11-19/h4-13,15,17,21,24H,14,16H2,1-3H3,(H,31,35)/t21-,24-/m0/s1. The molecule has 37 heavy (non-hydrogen) atoms. The second-order valence-electron chi connectivity index (χ2n) is 9.09. The van der Waals surface area contributed by atoms with E-state index in [9.17, 15) is 32.3 Å². The highest BCUT2D eigenvalue weighted by molar-refractivity contribution is 6.00. The molecular formula is C27H28F3N3O4. The molecule has 0 bridgehead atoms. The first-order chi connectivity index (χ1) is 17.4. The lowest BCUT2D eigenvalue weighted by Crippen LogP contribution is -2.57. The summed E-state index contributed by atoms with van der Waals surface area (Å²) in [4.78, 5) is 53.5. The van der Waals surface area contributed by atoms with E-state index in [1.807, 2.05) is 0 Å². The summed E-state index contributed by atoms with van der Waals surface area (Å²) >= 11 is 0. The number of halogens is 3. The molecule has 196 valence electrons. The number of nitrogens with one attached hydrogen (secondary N) is 1. The van der Waals surface area contributed by atoms with E-state index in [0.717, 1.165) is 4.90 Å². The van der Waals surface area contributed by atoms with Gasteiger partial charge in [-0.2, -0.15) is 13.2 Å². The number of Topliss-reactive ketones (excluding diaryl/α,β-unsaturated/α-hetero) is 1. The average Bonchev–Trinajstić information content (AvgIpc) is 2.84. The van der Waals surface area contributed by atoms with Crippen LogP contribution in [0.4, 0.5) is 13.2 Å². The van der Waals surface area contributed by atoms with Gasteiger partial charge in [-0.1, -0.05) is 74.5 Å². The molecule has 0 radical (unpaired) electrons.